The number of rotatable bonds is 6. The molecule has 0 radical (unpaired) electrons. The fourth-order valence-electron chi connectivity index (χ4n) is 1.78. The first-order valence-electron chi connectivity index (χ1n) is 6.25. The molecule has 1 heterocycles. The third kappa shape index (κ3) is 3.30. The molecule has 0 saturated heterocycles. The molecule has 1 aromatic heterocycles. The Bertz CT molecular complexity index is 560. The lowest BCUT2D eigenvalue weighted by molar-refractivity contribution is -0.0495. The molecular formula is C13H15F2N3O2. The van der Waals surface area contributed by atoms with Crippen LogP contribution in [0.2, 0.25) is 0 Å². The van der Waals surface area contributed by atoms with Gasteiger partial charge in [0.15, 0.2) is 5.82 Å². The number of hydrogen-bond acceptors (Lipinski definition) is 5. The molecule has 108 valence electrons. The van der Waals surface area contributed by atoms with Gasteiger partial charge in [0.25, 0.3) is 5.89 Å². The van der Waals surface area contributed by atoms with Gasteiger partial charge < -0.3 is 15.0 Å². The number of ether oxygens (including phenoxy) is 1. The number of aromatic nitrogens is 2. The predicted octanol–water partition coefficient (Wildman–Crippen LogP) is 3.14. The molecule has 2 N–H and O–H groups in total. The fraction of sp³-hybridized carbons (Fsp3) is 0.385. The Hall–Kier alpha value is -2.02. The number of hydrogen-bond donors (Lipinski definition) is 1. The first-order valence-corrected chi connectivity index (χ1v) is 6.25. The van der Waals surface area contributed by atoms with Crippen LogP contribution in [0.5, 0.6) is 5.75 Å². The van der Waals surface area contributed by atoms with Crippen molar-refractivity contribution in [3.63, 3.8) is 0 Å². The summed E-state index contributed by atoms with van der Waals surface area (Å²) in [7, 11) is 0. The third-order valence-electron chi connectivity index (χ3n) is 2.71. The van der Waals surface area contributed by atoms with E-state index >= 15 is 0 Å². The Labute approximate surface area is 114 Å². The van der Waals surface area contributed by atoms with Gasteiger partial charge in [-0.3, -0.25) is 0 Å². The second-order valence-corrected chi connectivity index (χ2v) is 4.23. The predicted molar refractivity (Wildman–Crippen MR) is 68.2 cm³/mol. The first kappa shape index (κ1) is 14.4. The molecule has 0 saturated carbocycles. The second kappa shape index (κ2) is 6.42. The van der Waals surface area contributed by atoms with Gasteiger partial charge in [0, 0.05) is 0 Å². The normalized spacial score (nSPS) is 12.7. The summed E-state index contributed by atoms with van der Waals surface area (Å²) in [6.45, 7) is -0.923. The Kier molecular flexibility index (Phi) is 4.62. The maximum Gasteiger partial charge on any atom is 0.387 e. The topological polar surface area (TPSA) is 74.2 Å². The Balaban J connectivity index is 2.28. The third-order valence-corrected chi connectivity index (χ3v) is 2.71. The number of benzene rings is 1. The van der Waals surface area contributed by atoms with Crippen molar-refractivity contribution in [2.45, 2.75) is 32.4 Å². The van der Waals surface area contributed by atoms with Crippen LogP contribution >= 0.6 is 0 Å². The summed E-state index contributed by atoms with van der Waals surface area (Å²) in [4.78, 5) is 4.14. The molecule has 1 unspecified atom stereocenters. The first-order chi connectivity index (χ1) is 9.61. The van der Waals surface area contributed by atoms with Crippen molar-refractivity contribution < 1.29 is 18.0 Å². The highest BCUT2D eigenvalue weighted by molar-refractivity contribution is 5.62. The molecular weight excluding hydrogens is 268 g/mol. The van der Waals surface area contributed by atoms with Crippen molar-refractivity contribution in [1.29, 1.82) is 0 Å². The number of nitrogens with two attached hydrogens (primary N) is 1. The van der Waals surface area contributed by atoms with E-state index in [2.05, 4.69) is 14.9 Å². The number of alkyl halides is 2. The van der Waals surface area contributed by atoms with Gasteiger partial charge >= 0.3 is 6.61 Å². The zero-order valence-corrected chi connectivity index (χ0v) is 10.9. The van der Waals surface area contributed by atoms with Gasteiger partial charge in [-0.15, -0.1) is 0 Å². The summed E-state index contributed by atoms with van der Waals surface area (Å²) in [6.07, 6.45) is 1.60. The van der Waals surface area contributed by atoms with E-state index in [9.17, 15) is 8.78 Å². The zero-order valence-electron chi connectivity index (χ0n) is 10.9. The van der Waals surface area contributed by atoms with Crippen molar-refractivity contribution in [3.8, 4) is 17.2 Å². The quantitative estimate of drug-likeness (QED) is 0.881. The number of nitrogens with zero attached hydrogens (tertiary/aromatic N) is 2. The summed E-state index contributed by atoms with van der Waals surface area (Å²) in [5.74, 6) is 0.457. The maximum absolute atomic E-state index is 12.3. The molecule has 20 heavy (non-hydrogen) atoms. The van der Waals surface area contributed by atoms with Gasteiger partial charge in [0.05, 0.1) is 11.6 Å². The van der Waals surface area contributed by atoms with Crippen molar-refractivity contribution in [2.75, 3.05) is 0 Å². The summed E-state index contributed by atoms with van der Waals surface area (Å²) < 4.78 is 34.2. The van der Waals surface area contributed by atoms with E-state index in [-0.39, 0.29) is 17.7 Å². The zero-order chi connectivity index (χ0) is 14.5. The van der Waals surface area contributed by atoms with Crippen LogP contribution in [0, 0.1) is 0 Å². The van der Waals surface area contributed by atoms with Crippen molar-refractivity contribution >= 4 is 0 Å². The molecule has 0 aliphatic heterocycles. The Morgan fingerprint density at radius 2 is 2.10 bits per heavy atom. The fourth-order valence-corrected chi connectivity index (χ4v) is 1.78. The van der Waals surface area contributed by atoms with Crippen LogP contribution in [-0.2, 0) is 0 Å². The molecule has 0 fully saturated rings. The Morgan fingerprint density at radius 1 is 1.35 bits per heavy atom. The van der Waals surface area contributed by atoms with Crippen molar-refractivity contribution in [1.82, 2.24) is 10.1 Å². The lowest BCUT2D eigenvalue weighted by atomic mass is 10.1. The molecule has 0 spiro atoms. The minimum atomic E-state index is -2.92. The number of halogens is 2. The molecule has 1 atom stereocenters. The highest BCUT2D eigenvalue weighted by Crippen LogP contribution is 2.30. The van der Waals surface area contributed by atoms with E-state index in [0.29, 0.717) is 17.8 Å². The van der Waals surface area contributed by atoms with E-state index < -0.39 is 6.61 Å². The Morgan fingerprint density at radius 3 is 2.80 bits per heavy atom. The summed E-state index contributed by atoms with van der Waals surface area (Å²) >= 11 is 0. The van der Waals surface area contributed by atoms with Gasteiger partial charge in [-0.2, -0.15) is 13.8 Å². The molecule has 0 amide bonds. The van der Waals surface area contributed by atoms with Gasteiger partial charge in [-0.25, -0.2) is 0 Å². The lowest BCUT2D eigenvalue weighted by Crippen LogP contribution is -2.11. The highest BCUT2D eigenvalue weighted by Gasteiger charge is 2.18. The maximum atomic E-state index is 12.3. The molecule has 2 rings (SSSR count). The van der Waals surface area contributed by atoms with Crippen LogP contribution in [-0.4, -0.2) is 16.8 Å². The minimum Gasteiger partial charge on any atom is -0.434 e. The SMILES string of the molecule is CCCC(N)c1noc(-c2ccccc2OC(F)F)n1. The van der Waals surface area contributed by atoms with Gasteiger partial charge in [0.2, 0.25) is 0 Å². The van der Waals surface area contributed by atoms with E-state index in [1.165, 1.54) is 6.07 Å². The molecule has 5 nitrogen and oxygen atoms in total. The smallest absolute Gasteiger partial charge is 0.387 e. The van der Waals surface area contributed by atoms with Crippen LogP contribution in [0.15, 0.2) is 28.8 Å². The van der Waals surface area contributed by atoms with E-state index in [0.717, 1.165) is 6.42 Å². The average Bonchev–Trinajstić information content (AvgIpc) is 2.88. The number of para-hydroxylation sites is 1. The average molecular weight is 283 g/mol. The van der Waals surface area contributed by atoms with Crippen LogP contribution in [0.25, 0.3) is 11.5 Å². The van der Waals surface area contributed by atoms with Crippen molar-refractivity contribution in [2.24, 2.45) is 5.73 Å². The largest absolute Gasteiger partial charge is 0.434 e. The molecule has 0 bridgehead atoms. The summed E-state index contributed by atoms with van der Waals surface area (Å²) in [6, 6.07) is 5.91. The standard InChI is InChI=1S/C13H15F2N3O2/c1-2-5-9(16)11-17-12(20-18-11)8-6-3-4-7-10(8)19-13(14)15/h3-4,6-7,9,13H,2,5,16H2,1H3. The molecule has 0 aliphatic rings. The van der Waals surface area contributed by atoms with Gasteiger partial charge in [0.1, 0.15) is 5.75 Å². The summed E-state index contributed by atoms with van der Waals surface area (Å²) in [5, 5.41) is 3.78. The summed E-state index contributed by atoms with van der Waals surface area (Å²) in [5.41, 5.74) is 6.19. The monoisotopic (exact) mass is 283 g/mol. The molecule has 7 heteroatoms. The minimum absolute atomic E-state index is 0.0123. The van der Waals surface area contributed by atoms with Crippen LogP contribution < -0.4 is 10.5 Å². The van der Waals surface area contributed by atoms with E-state index in [1.807, 2.05) is 6.92 Å². The van der Waals surface area contributed by atoms with Crippen LogP contribution in [0.4, 0.5) is 8.78 Å². The molecule has 1 aromatic carbocycles. The highest BCUT2D eigenvalue weighted by atomic mass is 19.3. The van der Waals surface area contributed by atoms with E-state index in [4.69, 9.17) is 10.3 Å². The lowest BCUT2D eigenvalue weighted by Gasteiger charge is -2.07. The molecule has 2 aromatic rings. The van der Waals surface area contributed by atoms with Gasteiger partial charge in [-0.1, -0.05) is 30.6 Å². The van der Waals surface area contributed by atoms with Crippen molar-refractivity contribution in [3.05, 3.63) is 30.1 Å². The second-order valence-electron chi connectivity index (χ2n) is 4.23. The molecule has 0 aliphatic carbocycles. The van der Waals surface area contributed by atoms with E-state index in [1.54, 1.807) is 18.2 Å². The van der Waals surface area contributed by atoms with Crippen LogP contribution in [0.3, 0.4) is 0 Å². The van der Waals surface area contributed by atoms with Gasteiger partial charge in [-0.05, 0) is 18.6 Å². The van der Waals surface area contributed by atoms with Crippen LogP contribution in [0.1, 0.15) is 31.6 Å².